The molecule has 1 heterocycles. The van der Waals surface area contributed by atoms with Gasteiger partial charge < -0.3 is 35.3 Å². The number of hydrogen-bond donors (Lipinski definition) is 3. The number of carbonyl (C=O) groups is 2. The van der Waals surface area contributed by atoms with Gasteiger partial charge in [0.1, 0.15) is 18.0 Å². The number of anilines is 3. The molecule has 0 atom stereocenters. The second-order valence-electron chi connectivity index (χ2n) is 6.65. The Morgan fingerprint density at radius 1 is 0.879 bits per heavy atom. The van der Waals surface area contributed by atoms with E-state index in [2.05, 4.69) is 20.9 Å². The maximum absolute atomic E-state index is 12.6. The minimum atomic E-state index is -0.602. The quantitative estimate of drug-likeness (QED) is 0.437. The smallest absolute Gasteiger partial charge is 0.280 e. The maximum Gasteiger partial charge on any atom is 0.280 e. The van der Waals surface area contributed by atoms with Crippen molar-refractivity contribution in [2.24, 2.45) is 0 Å². The Labute approximate surface area is 189 Å². The number of nitrogens with zero attached hydrogens (tertiary/aromatic N) is 3. The Bertz CT molecular complexity index is 1140. The fourth-order valence-corrected chi connectivity index (χ4v) is 2.92. The molecule has 0 bridgehead atoms. The number of ether oxygens (including phenoxy) is 4. The molecule has 2 aromatic carbocycles. The molecular formula is C21H24N6O6. The number of nitrogens with one attached hydrogen (secondary N) is 2. The normalized spacial score (nSPS) is 10.3. The summed E-state index contributed by atoms with van der Waals surface area (Å²) >= 11 is 0. The fraction of sp³-hybridized carbons (Fsp3) is 0.238. The van der Waals surface area contributed by atoms with Gasteiger partial charge in [-0.1, -0.05) is 5.21 Å². The summed E-state index contributed by atoms with van der Waals surface area (Å²) in [6.45, 7) is -0.257. The van der Waals surface area contributed by atoms with E-state index in [4.69, 9.17) is 24.7 Å². The third kappa shape index (κ3) is 5.42. The highest BCUT2D eigenvalue weighted by molar-refractivity contribution is 6.06. The molecular weight excluding hydrogens is 432 g/mol. The Kier molecular flexibility index (Phi) is 7.18. The lowest BCUT2D eigenvalue weighted by molar-refractivity contribution is -0.116. The standard InChI is InChI=1S/C21H24N6O6/c1-30-14-7-13(8-15(10-14)31-2)24-21(29)19-20(22)27(26-25-19)11-18(28)23-12-5-6-16(32-3)17(9-12)33-4/h5-10H,11,22H2,1-4H3,(H,23,28)(H,24,29). The fourth-order valence-electron chi connectivity index (χ4n) is 2.92. The Morgan fingerprint density at radius 2 is 1.55 bits per heavy atom. The molecule has 1 aromatic heterocycles. The van der Waals surface area contributed by atoms with Gasteiger partial charge in [-0.3, -0.25) is 9.59 Å². The van der Waals surface area contributed by atoms with Crippen molar-refractivity contribution in [1.82, 2.24) is 15.0 Å². The van der Waals surface area contributed by atoms with Crippen molar-refractivity contribution in [2.75, 3.05) is 44.8 Å². The van der Waals surface area contributed by atoms with Crippen LogP contribution in [0.5, 0.6) is 23.0 Å². The van der Waals surface area contributed by atoms with Gasteiger partial charge >= 0.3 is 0 Å². The minimum Gasteiger partial charge on any atom is -0.497 e. The summed E-state index contributed by atoms with van der Waals surface area (Å²) < 4.78 is 21.9. The number of amides is 2. The molecule has 4 N–H and O–H groups in total. The zero-order valence-electron chi connectivity index (χ0n) is 18.5. The van der Waals surface area contributed by atoms with Gasteiger partial charge in [0.05, 0.1) is 28.4 Å². The molecule has 3 aromatic rings. The van der Waals surface area contributed by atoms with Crippen molar-refractivity contribution in [3.8, 4) is 23.0 Å². The second kappa shape index (κ2) is 10.2. The first-order valence-corrected chi connectivity index (χ1v) is 9.63. The Morgan fingerprint density at radius 3 is 2.15 bits per heavy atom. The van der Waals surface area contributed by atoms with Crippen LogP contribution < -0.4 is 35.3 Å². The van der Waals surface area contributed by atoms with E-state index < -0.39 is 11.8 Å². The van der Waals surface area contributed by atoms with E-state index in [0.29, 0.717) is 34.4 Å². The highest BCUT2D eigenvalue weighted by atomic mass is 16.5. The van der Waals surface area contributed by atoms with E-state index in [-0.39, 0.29) is 18.1 Å². The number of carbonyl (C=O) groups excluding carboxylic acids is 2. The van der Waals surface area contributed by atoms with Crippen molar-refractivity contribution in [3.63, 3.8) is 0 Å². The summed E-state index contributed by atoms with van der Waals surface area (Å²) in [5, 5.41) is 13.0. The number of benzene rings is 2. The lowest BCUT2D eigenvalue weighted by Crippen LogP contribution is -2.21. The van der Waals surface area contributed by atoms with Crippen LogP contribution in [0.4, 0.5) is 17.2 Å². The molecule has 33 heavy (non-hydrogen) atoms. The van der Waals surface area contributed by atoms with Gasteiger partial charge in [0.25, 0.3) is 5.91 Å². The average Bonchev–Trinajstić information content (AvgIpc) is 3.18. The summed E-state index contributed by atoms with van der Waals surface area (Å²) in [6, 6.07) is 9.81. The van der Waals surface area contributed by atoms with Gasteiger partial charge in [0.2, 0.25) is 5.91 Å². The third-order valence-corrected chi connectivity index (χ3v) is 4.56. The van der Waals surface area contributed by atoms with Gasteiger partial charge in [-0.2, -0.15) is 0 Å². The SMILES string of the molecule is COc1cc(NC(=O)c2nnn(CC(=O)Nc3ccc(OC)c(OC)c3)c2N)cc(OC)c1. The summed E-state index contributed by atoms with van der Waals surface area (Å²) in [5.41, 5.74) is 6.78. The van der Waals surface area contributed by atoms with Gasteiger partial charge in [0, 0.05) is 35.6 Å². The number of methoxy groups -OCH3 is 4. The maximum atomic E-state index is 12.6. The minimum absolute atomic E-state index is 0.0650. The topological polar surface area (TPSA) is 152 Å². The molecule has 12 heteroatoms. The van der Waals surface area contributed by atoms with E-state index in [1.807, 2.05) is 0 Å². The molecule has 0 aliphatic rings. The van der Waals surface area contributed by atoms with Gasteiger partial charge in [-0.25, -0.2) is 4.68 Å². The van der Waals surface area contributed by atoms with Crippen molar-refractivity contribution >= 4 is 29.0 Å². The Balaban J connectivity index is 1.69. The van der Waals surface area contributed by atoms with Crippen LogP contribution in [0, 0.1) is 0 Å². The number of rotatable bonds is 9. The number of hydrogen-bond acceptors (Lipinski definition) is 9. The van der Waals surface area contributed by atoms with Crippen LogP contribution in [0.3, 0.4) is 0 Å². The molecule has 0 aliphatic heterocycles. The van der Waals surface area contributed by atoms with Crippen molar-refractivity contribution in [2.45, 2.75) is 6.54 Å². The summed E-state index contributed by atoms with van der Waals surface area (Å²) in [7, 11) is 6.00. The van der Waals surface area contributed by atoms with Crippen LogP contribution in [-0.2, 0) is 11.3 Å². The summed E-state index contributed by atoms with van der Waals surface area (Å²) in [5.74, 6) is 0.882. The second-order valence-corrected chi connectivity index (χ2v) is 6.65. The number of nitrogen functional groups attached to an aromatic ring is 1. The van der Waals surface area contributed by atoms with Crippen molar-refractivity contribution in [1.29, 1.82) is 0 Å². The first-order valence-electron chi connectivity index (χ1n) is 9.63. The largest absolute Gasteiger partial charge is 0.497 e. The molecule has 0 saturated heterocycles. The van der Waals surface area contributed by atoms with Crippen molar-refractivity contribution in [3.05, 3.63) is 42.1 Å². The van der Waals surface area contributed by atoms with E-state index in [1.54, 1.807) is 36.4 Å². The van der Waals surface area contributed by atoms with E-state index in [1.165, 1.54) is 28.4 Å². The number of nitrogens with two attached hydrogens (primary N) is 1. The molecule has 3 rings (SSSR count). The zero-order valence-corrected chi connectivity index (χ0v) is 18.5. The molecule has 12 nitrogen and oxygen atoms in total. The van der Waals surface area contributed by atoms with Gasteiger partial charge in [-0.15, -0.1) is 5.10 Å². The predicted molar refractivity (Wildman–Crippen MR) is 120 cm³/mol. The van der Waals surface area contributed by atoms with Gasteiger partial charge in [-0.05, 0) is 12.1 Å². The first-order chi connectivity index (χ1) is 15.9. The summed E-state index contributed by atoms with van der Waals surface area (Å²) in [6.07, 6.45) is 0. The molecule has 0 spiro atoms. The zero-order chi connectivity index (χ0) is 24.0. The van der Waals surface area contributed by atoms with Crippen LogP contribution >= 0.6 is 0 Å². The van der Waals surface area contributed by atoms with Crippen LogP contribution in [0.2, 0.25) is 0 Å². The number of aromatic nitrogens is 3. The van der Waals surface area contributed by atoms with Gasteiger partial charge in [0.15, 0.2) is 23.0 Å². The molecule has 174 valence electrons. The van der Waals surface area contributed by atoms with Crippen LogP contribution in [-0.4, -0.2) is 55.2 Å². The van der Waals surface area contributed by atoms with Crippen LogP contribution in [0.25, 0.3) is 0 Å². The molecule has 0 fully saturated rings. The van der Waals surface area contributed by atoms with E-state index in [9.17, 15) is 9.59 Å². The lowest BCUT2D eigenvalue weighted by atomic mass is 10.2. The molecule has 0 unspecified atom stereocenters. The molecule has 0 aliphatic carbocycles. The summed E-state index contributed by atoms with van der Waals surface area (Å²) in [4.78, 5) is 25.1. The molecule has 2 amide bonds. The monoisotopic (exact) mass is 456 g/mol. The lowest BCUT2D eigenvalue weighted by Gasteiger charge is -2.11. The van der Waals surface area contributed by atoms with Crippen LogP contribution in [0.1, 0.15) is 10.5 Å². The van der Waals surface area contributed by atoms with Crippen molar-refractivity contribution < 1.29 is 28.5 Å². The Hall–Kier alpha value is -4.48. The predicted octanol–water partition coefficient (Wildman–Crippen LogP) is 1.79. The van der Waals surface area contributed by atoms with Crippen LogP contribution in [0.15, 0.2) is 36.4 Å². The highest BCUT2D eigenvalue weighted by Crippen LogP contribution is 2.30. The third-order valence-electron chi connectivity index (χ3n) is 4.56. The van der Waals surface area contributed by atoms with E-state index >= 15 is 0 Å². The highest BCUT2D eigenvalue weighted by Gasteiger charge is 2.20. The first kappa shape index (κ1) is 23.2. The van der Waals surface area contributed by atoms with E-state index in [0.717, 1.165) is 4.68 Å². The molecule has 0 radical (unpaired) electrons. The average molecular weight is 456 g/mol. The molecule has 0 saturated carbocycles.